The van der Waals surface area contributed by atoms with Gasteiger partial charge in [-0.3, -0.25) is 9.59 Å². The lowest BCUT2D eigenvalue weighted by Crippen LogP contribution is -2.51. The van der Waals surface area contributed by atoms with Crippen LogP contribution in [0.2, 0.25) is 0 Å². The molecule has 5 nitrogen and oxygen atoms in total. The zero-order chi connectivity index (χ0) is 25.8. The highest BCUT2D eigenvalue weighted by Crippen LogP contribution is 2.42. The molecule has 5 rings (SSSR count). The van der Waals surface area contributed by atoms with Crippen molar-refractivity contribution in [3.63, 3.8) is 0 Å². The zero-order valence-corrected chi connectivity index (χ0v) is 21.4. The van der Waals surface area contributed by atoms with Crippen molar-refractivity contribution in [3.05, 3.63) is 125 Å². The van der Waals surface area contributed by atoms with Gasteiger partial charge in [0.25, 0.3) is 0 Å². The van der Waals surface area contributed by atoms with Crippen LogP contribution >= 0.6 is 0 Å². The van der Waals surface area contributed by atoms with Crippen molar-refractivity contribution in [2.75, 3.05) is 19.6 Å². The molecule has 4 aromatic rings. The van der Waals surface area contributed by atoms with Crippen LogP contribution in [0.3, 0.4) is 0 Å². The van der Waals surface area contributed by atoms with E-state index in [1.807, 2.05) is 66.9 Å². The third-order valence-electron chi connectivity index (χ3n) is 7.79. The number of likely N-dealkylation sites (tertiary alicyclic amines) is 1. The average molecular weight is 492 g/mol. The number of hydrogen-bond donors (Lipinski definition) is 1. The van der Waals surface area contributed by atoms with E-state index in [0.717, 1.165) is 29.9 Å². The number of benzene rings is 3. The van der Waals surface area contributed by atoms with Crippen LogP contribution in [0.1, 0.15) is 49.1 Å². The summed E-state index contributed by atoms with van der Waals surface area (Å²) in [5, 5.41) is 0. The summed E-state index contributed by atoms with van der Waals surface area (Å²) in [6.07, 6.45) is 4.32. The molecule has 0 amide bonds. The molecule has 3 aromatic carbocycles. The summed E-state index contributed by atoms with van der Waals surface area (Å²) in [6.45, 7) is 6.14. The molecule has 1 N–H and O–H groups in total. The first-order valence-corrected chi connectivity index (χ1v) is 13.0. The number of Topliss-reactive ketones (excluding diaryl/α,β-unsaturated/α-hetero) is 2. The first-order chi connectivity index (χ1) is 18.0. The molecule has 0 unspecified atom stereocenters. The number of piperidine rings is 1. The van der Waals surface area contributed by atoms with E-state index in [1.165, 1.54) is 5.56 Å². The molecule has 0 aliphatic carbocycles. The highest BCUT2D eigenvalue weighted by atomic mass is 16.1. The molecule has 188 valence electrons. The van der Waals surface area contributed by atoms with Crippen LogP contribution in [0.4, 0.5) is 0 Å². The fourth-order valence-corrected chi connectivity index (χ4v) is 5.71. The lowest BCUT2D eigenvalue weighted by Gasteiger charge is -2.43. The van der Waals surface area contributed by atoms with Gasteiger partial charge in [-0.1, -0.05) is 78.9 Å². The maximum atomic E-state index is 14.1. The maximum Gasteiger partial charge on any atom is 0.167 e. The Morgan fingerprint density at radius 2 is 1.43 bits per heavy atom. The van der Waals surface area contributed by atoms with E-state index in [4.69, 9.17) is 0 Å². The number of nitrogens with zero attached hydrogens (tertiary/aromatic N) is 2. The number of carbonyl (C=O) groups excluding carboxylic acids is 2. The molecule has 0 radical (unpaired) electrons. The lowest BCUT2D eigenvalue weighted by molar-refractivity contribution is 0.0574. The number of nitrogens with one attached hydrogen (secondary N) is 1. The highest BCUT2D eigenvalue weighted by molar-refractivity contribution is 6.02. The minimum atomic E-state index is -0.342. The van der Waals surface area contributed by atoms with Gasteiger partial charge in [-0.25, -0.2) is 4.98 Å². The van der Waals surface area contributed by atoms with E-state index in [1.54, 1.807) is 6.20 Å². The third kappa shape index (κ3) is 5.32. The molecule has 1 aliphatic rings. The number of ketones is 2. The predicted octanol–water partition coefficient (Wildman–Crippen LogP) is 5.67. The molecule has 1 aliphatic heterocycles. The second-order valence-electron chi connectivity index (χ2n) is 10.0. The van der Waals surface area contributed by atoms with Gasteiger partial charge < -0.3 is 9.88 Å². The van der Waals surface area contributed by atoms with E-state index < -0.39 is 0 Å². The summed E-state index contributed by atoms with van der Waals surface area (Å²) >= 11 is 0. The lowest BCUT2D eigenvalue weighted by atomic mass is 9.67. The molecule has 0 bridgehead atoms. The van der Waals surface area contributed by atoms with Crippen molar-refractivity contribution in [3.8, 4) is 0 Å². The molecule has 1 fully saturated rings. The number of hydrogen-bond acceptors (Lipinski definition) is 4. The number of carbonyl (C=O) groups is 2. The monoisotopic (exact) mass is 491 g/mol. The van der Waals surface area contributed by atoms with Gasteiger partial charge in [0, 0.05) is 67.3 Å². The van der Waals surface area contributed by atoms with Crippen LogP contribution in [0, 0.1) is 25.7 Å². The minimum absolute atomic E-state index is 0.0973. The van der Waals surface area contributed by atoms with Crippen LogP contribution < -0.4 is 0 Å². The summed E-state index contributed by atoms with van der Waals surface area (Å²) in [6, 6.07) is 25.3. The first kappa shape index (κ1) is 24.8. The molecule has 3 atom stereocenters. The number of imidazole rings is 1. The topological polar surface area (TPSA) is 66.1 Å². The number of aryl methyl sites for hydroxylation is 1. The van der Waals surface area contributed by atoms with Crippen LogP contribution in [-0.4, -0.2) is 46.1 Å². The Morgan fingerprint density at radius 1 is 0.838 bits per heavy atom. The number of H-pyrrole nitrogens is 1. The Bertz CT molecular complexity index is 1290. The van der Waals surface area contributed by atoms with Crippen molar-refractivity contribution in [1.29, 1.82) is 0 Å². The van der Waals surface area contributed by atoms with Crippen molar-refractivity contribution < 1.29 is 9.59 Å². The van der Waals surface area contributed by atoms with Crippen molar-refractivity contribution in [1.82, 2.24) is 14.9 Å². The second-order valence-corrected chi connectivity index (χ2v) is 10.0. The van der Waals surface area contributed by atoms with Gasteiger partial charge in [-0.05, 0) is 30.5 Å². The Morgan fingerprint density at radius 3 is 1.97 bits per heavy atom. The van der Waals surface area contributed by atoms with Crippen LogP contribution in [-0.2, 0) is 6.42 Å². The molecule has 2 heterocycles. The number of aromatic nitrogens is 2. The summed E-state index contributed by atoms with van der Waals surface area (Å²) in [7, 11) is 0. The van der Waals surface area contributed by atoms with Gasteiger partial charge >= 0.3 is 0 Å². The molecule has 1 saturated heterocycles. The standard InChI is InChI=1S/C32H33N3O2/c1-22-10-9-15-26(23(22)2)30-27(31(36)24-11-5-3-6-12-24)20-35(19-16-29-33-17-18-34-29)21-28(30)32(37)25-13-7-4-8-14-25/h3-15,17-18,27-28,30H,16,19-21H2,1-2H3,(H,33,34)/t27-,28+,30+. The Hall–Kier alpha value is -3.83. The number of rotatable bonds is 8. The third-order valence-corrected chi connectivity index (χ3v) is 7.79. The Labute approximate surface area is 218 Å². The molecule has 5 heteroatoms. The van der Waals surface area contributed by atoms with E-state index in [-0.39, 0.29) is 29.3 Å². The average Bonchev–Trinajstić information content (AvgIpc) is 3.47. The predicted molar refractivity (Wildman–Crippen MR) is 146 cm³/mol. The SMILES string of the molecule is Cc1cccc([C@@H]2[C@@H](C(=O)c3ccccc3)CN(CCc3ncc[nH]3)C[C@H]2C(=O)c2ccccc2)c1C. The van der Waals surface area contributed by atoms with Crippen LogP contribution in [0.15, 0.2) is 91.3 Å². The second kappa shape index (κ2) is 11.1. The molecule has 0 saturated carbocycles. The van der Waals surface area contributed by atoms with Crippen molar-refractivity contribution in [2.24, 2.45) is 11.8 Å². The van der Waals surface area contributed by atoms with E-state index >= 15 is 0 Å². The normalized spacial score (nSPS) is 20.0. The van der Waals surface area contributed by atoms with Gasteiger partial charge in [0.2, 0.25) is 0 Å². The summed E-state index contributed by atoms with van der Waals surface area (Å²) in [5.41, 5.74) is 4.83. The quantitative estimate of drug-likeness (QED) is 0.323. The Kier molecular flexibility index (Phi) is 7.42. The van der Waals surface area contributed by atoms with E-state index in [2.05, 4.69) is 46.9 Å². The summed E-state index contributed by atoms with van der Waals surface area (Å²) in [4.78, 5) is 38.0. The zero-order valence-electron chi connectivity index (χ0n) is 21.4. The molecule has 1 aromatic heterocycles. The van der Waals surface area contributed by atoms with Gasteiger partial charge in [0.1, 0.15) is 5.82 Å². The minimum Gasteiger partial charge on any atom is -0.349 e. The van der Waals surface area contributed by atoms with Gasteiger partial charge in [-0.2, -0.15) is 0 Å². The van der Waals surface area contributed by atoms with Gasteiger partial charge in [0.15, 0.2) is 11.6 Å². The molecular formula is C32H33N3O2. The fourth-order valence-electron chi connectivity index (χ4n) is 5.71. The highest BCUT2D eigenvalue weighted by Gasteiger charge is 2.45. The molecular weight excluding hydrogens is 458 g/mol. The molecule has 0 spiro atoms. The Balaban J connectivity index is 1.58. The van der Waals surface area contributed by atoms with Crippen molar-refractivity contribution >= 4 is 11.6 Å². The van der Waals surface area contributed by atoms with Crippen molar-refractivity contribution in [2.45, 2.75) is 26.2 Å². The van der Waals surface area contributed by atoms with E-state index in [9.17, 15) is 9.59 Å². The maximum absolute atomic E-state index is 14.1. The fraction of sp³-hybridized carbons (Fsp3) is 0.281. The van der Waals surface area contributed by atoms with E-state index in [0.29, 0.717) is 24.2 Å². The van der Waals surface area contributed by atoms with Gasteiger partial charge in [-0.15, -0.1) is 0 Å². The largest absolute Gasteiger partial charge is 0.349 e. The smallest absolute Gasteiger partial charge is 0.167 e. The summed E-state index contributed by atoms with van der Waals surface area (Å²) < 4.78 is 0. The number of aromatic amines is 1. The first-order valence-electron chi connectivity index (χ1n) is 13.0. The molecule has 37 heavy (non-hydrogen) atoms. The van der Waals surface area contributed by atoms with Crippen LogP contribution in [0.25, 0.3) is 0 Å². The van der Waals surface area contributed by atoms with Crippen LogP contribution in [0.5, 0.6) is 0 Å². The summed E-state index contributed by atoms with van der Waals surface area (Å²) in [5.74, 6) is 0.214. The van der Waals surface area contributed by atoms with Gasteiger partial charge in [0.05, 0.1) is 0 Å².